The molecule has 1 amide bonds. The molecule has 4 nitrogen and oxygen atoms in total. The highest BCUT2D eigenvalue weighted by atomic mass is 35.5. The Morgan fingerprint density at radius 3 is 2.74 bits per heavy atom. The molecule has 0 spiro atoms. The molecule has 0 aromatic heterocycles. The van der Waals surface area contributed by atoms with E-state index in [0.29, 0.717) is 16.9 Å². The third-order valence-electron chi connectivity index (χ3n) is 3.35. The number of ether oxygens (including phenoxy) is 1. The number of nitriles is 1. The van der Waals surface area contributed by atoms with Crippen LogP contribution in [0.2, 0.25) is 5.02 Å². The molecule has 2 aromatic rings. The van der Waals surface area contributed by atoms with Crippen LogP contribution in [0.4, 0.5) is 4.39 Å². The van der Waals surface area contributed by atoms with E-state index in [1.54, 1.807) is 24.3 Å². The lowest BCUT2D eigenvalue weighted by Crippen LogP contribution is -2.28. The fraction of sp³-hybridized carbons (Fsp3) is 0.176. The number of carbonyl (C=O) groups is 1. The van der Waals surface area contributed by atoms with Crippen molar-refractivity contribution in [2.75, 3.05) is 7.11 Å². The van der Waals surface area contributed by atoms with Gasteiger partial charge in [0.1, 0.15) is 17.6 Å². The summed E-state index contributed by atoms with van der Waals surface area (Å²) in [5, 5.41) is 11.9. The molecule has 2 aromatic carbocycles. The number of para-hydroxylation sites is 1. The number of hydrogen-bond acceptors (Lipinski definition) is 3. The van der Waals surface area contributed by atoms with Crippen LogP contribution in [0.25, 0.3) is 0 Å². The molecule has 118 valence electrons. The highest BCUT2D eigenvalue weighted by Gasteiger charge is 2.20. The monoisotopic (exact) mass is 332 g/mol. The lowest BCUT2D eigenvalue weighted by Gasteiger charge is -2.16. The van der Waals surface area contributed by atoms with Crippen LogP contribution in [0.1, 0.15) is 27.5 Å². The van der Waals surface area contributed by atoms with Gasteiger partial charge in [-0.25, -0.2) is 4.39 Å². The fourth-order valence-corrected chi connectivity index (χ4v) is 2.36. The Hall–Kier alpha value is -2.58. The van der Waals surface area contributed by atoms with Crippen molar-refractivity contribution < 1.29 is 13.9 Å². The Labute approximate surface area is 138 Å². The normalized spacial score (nSPS) is 11.4. The Morgan fingerprint density at radius 2 is 2.09 bits per heavy atom. The van der Waals surface area contributed by atoms with Crippen molar-refractivity contribution in [2.24, 2.45) is 0 Å². The summed E-state index contributed by atoms with van der Waals surface area (Å²) in [6, 6.07) is 10.4. The molecule has 1 N–H and O–H groups in total. The van der Waals surface area contributed by atoms with Gasteiger partial charge in [-0.2, -0.15) is 5.26 Å². The van der Waals surface area contributed by atoms with Gasteiger partial charge in [-0.15, -0.1) is 0 Å². The van der Waals surface area contributed by atoms with E-state index < -0.39 is 17.8 Å². The number of methoxy groups -OCH3 is 1. The molecule has 1 atom stereocenters. The maximum absolute atomic E-state index is 13.4. The van der Waals surface area contributed by atoms with Gasteiger partial charge < -0.3 is 10.1 Å². The summed E-state index contributed by atoms with van der Waals surface area (Å²) in [5.74, 6) is -0.565. The molecule has 0 fully saturated rings. The standard InChI is InChI=1S/C17H14ClFN2O2/c1-10-7-12(13(18)8-14(10)19)17(22)21-15(9-20)11-5-3-4-6-16(11)23-2/h3-8,15H,1-2H3,(H,21,22). The number of aryl methyl sites for hydroxylation is 1. The quantitative estimate of drug-likeness (QED) is 0.926. The van der Waals surface area contributed by atoms with Gasteiger partial charge in [0.05, 0.1) is 23.8 Å². The molecule has 0 aliphatic rings. The predicted octanol–water partition coefficient (Wildman–Crippen LogP) is 3.79. The summed E-state index contributed by atoms with van der Waals surface area (Å²) in [6.45, 7) is 1.53. The molecule has 23 heavy (non-hydrogen) atoms. The molecule has 0 heterocycles. The van der Waals surface area contributed by atoms with E-state index in [0.717, 1.165) is 6.07 Å². The third-order valence-corrected chi connectivity index (χ3v) is 3.66. The zero-order valence-electron chi connectivity index (χ0n) is 12.6. The number of nitrogens with one attached hydrogen (secondary N) is 1. The largest absolute Gasteiger partial charge is 0.496 e. The predicted molar refractivity (Wildman–Crippen MR) is 85.0 cm³/mol. The van der Waals surface area contributed by atoms with Crippen LogP contribution in [0.3, 0.4) is 0 Å². The number of amides is 1. The van der Waals surface area contributed by atoms with Crippen LogP contribution in [0.5, 0.6) is 5.75 Å². The van der Waals surface area contributed by atoms with Gasteiger partial charge in [0, 0.05) is 5.56 Å². The summed E-state index contributed by atoms with van der Waals surface area (Å²) < 4.78 is 18.6. The molecule has 1 unspecified atom stereocenters. The van der Waals surface area contributed by atoms with Crippen molar-refractivity contribution in [3.8, 4) is 11.8 Å². The molecular formula is C17H14ClFN2O2. The van der Waals surface area contributed by atoms with E-state index in [-0.39, 0.29) is 10.6 Å². The first-order valence-corrected chi connectivity index (χ1v) is 7.14. The summed E-state index contributed by atoms with van der Waals surface area (Å²) >= 11 is 5.92. The fourth-order valence-electron chi connectivity index (χ4n) is 2.12. The van der Waals surface area contributed by atoms with Gasteiger partial charge >= 0.3 is 0 Å². The Balaban J connectivity index is 2.31. The number of hydrogen-bond donors (Lipinski definition) is 1. The van der Waals surface area contributed by atoms with Crippen molar-refractivity contribution in [1.29, 1.82) is 5.26 Å². The van der Waals surface area contributed by atoms with Crippen LogP contribution < -0.4 is 10.1 Å². The van der Waals surface area contributed by atoms with Crippen LogP contribution in [-0.2, 0) is 0 Å². The van der Waals surface area contributed by atoms with Crippen molar-refractivity contribution in [3.63, 3.8) is 0 Å². The van der Waals surface area contributed by atoms with Crippen molar-refractivity contribution in [1.82, 2.24) is 5.32 Å². The summed E-state index contributed by atoms with van der Waals surface area (Å²) in [7, 11) is 1.48. The van der Waals surface area contributed by atoms with E-state index in [1.807, 2.05) is 6.07 Å². The minimum Gasteiger partial charge on any atom is -0.496 e. The molecule has 2 rings (SSSR count). The molecule has 0 saturated heterocycles. The summed E-state index contributed by atoms with van der Waals surface area (Å²) in [6.07, 6.45) is 0. The second-order valence-electron chi connectivity index (χ2n) is 4.86. The van der Waals surface area contributed by atoms with Gasteiger partial charge in [-0.1, -0.05) is 29.8 Å². The maximum Gasteiger partial charge on any atom is 0.254 e. The van der Waals surface area contributed by atoms with E-state index >= 15 is 0 Å². The van der Waals surface area contributed by atoms with E-state index in [1.165, 1.54) is 20.1 Å². The van der Waals surface area contributed by atoms with Crippen LogP contribution in [-0.4, -0.2) is 13.0 Å². The molecule has 0 saturated carbocycles. The minimum atomic E-state index is -0.917. The topological polar surface area (TPSA) is 62.1 Å². The van der Waals surface area contributed by atoms with Crippen molar-refractivity contribution in [3.05, 3.63) is 63.9 Å². The molecule has 0 aliphatic heterocycles. The number of nitrogens with zero attached hydrogens (tertiary/aromatic N) is 1. The number of halogens is 2. The first-order valence-electron chi connectivity index (χ1n) is 6.77. The average molecular weight is 333 g/mol. The smallest absolute Gasteiger partial charge is 0.254 e. The first kappa shape index (κ1) is 16.8. The Bertz CT molecular complexity index is 787. The lowest BCUT2D eigenvalue weighted by atomic mass is 10.1. The maximum atomic E-state index is 13.4. The van der Waals surface area contributed by atoms with Gasteiger partial charge in [-0.3, -0.25) is 4.79 Å². The number of benzene rings is 2. The van der Waals surface area contributed by atoms with Crippen LogP contribution in [0, 0.1) is 24.1 Å². The number of rotatable bonds is 4. The Morgan fingerprint density at radius 1 is 1.39 bits per heavy atom. The highest BCUT2D eigenvalue weighted by Crippen LogP contribution is 2.26. The third kappa shape index (κ3) is 3.61. The van der Waals surface area contributed by atoms with E-state index in [4.69, 9.17) is 16.3 Å². The molecule has 0 radical (unpaired) electrons. The van der Waals surface area contributed by atoms with Crippen LogP contribution >= 0.6 is 11.6 Å². The first-order chi connectivity index (χ1) is 11.0. The van der Waals surface area contributed by atoms with Gasteiger partial charge in [-0.05, 0) is 30.7 Å². The number of carbonyl (C=O) groups excluding carboxylic acids is 1. The molecular weight excluding hydrogens is 319 g/mol. The van der Waals surface area contributed by atoms with Gasteiger partial charge in [0.2, 0.25) is 0 Å². The highest BCUT2D eigenvalue weighted by molar-refractivity contribution is 6.33. The SMILES string of the molecule is COc1ccccc1C(C#N)NC(=O)c1cc(C)c(F)cc1Cl. The zero-order chi connectivity index (χ0) is 17.0. The molecule has 0 bridgehead atoms. The average Bonchev–Trinajstić information content (AvgIpc) is 2.55. The van der Waals surface area contributed by atoms with Crippen molar-refractivity contribution in [2.45, 2.75) is 13.0 Å². The van der Waals surface area contributed by atoms with Gasteiger partial charge in [0.25, 0.3) is 5.91 Å². The van der Waals surface area contributed by atoms with E-state index in [9.17, 15) is 14.4 Å². The zero-order valence-corrected chi connectivity index (χ0v) is 13.3. The second-order valence-corrected chi connectivity index (χ2v) is 5.27. The van der Waals surface area contributed by atoms with Gasteiger partial charge in [0.15, 0.2) is 0 Å². The minimum absolute atomic E-state index is 0.0117. The molecule has 0 aliphatic carbocycles. The summed E-state index contributed by atoms with van der Waals surface area (Å²) in [5.41, 5.74) is 0.937. The van der Waals surface area contributed by atoms with E-state index in [2.05, 4.69) is 5.32 Å². The van der Waals surface area contributed by atoms with Crippen LogP contribution in [0.15, 0.2) is 36.4 Å². The second kappa shape index (κ2) is 7.12. The molecule has 6 heteroatoms. The van der Waals surface area contributed by atoms with Crippen molar-refractivity contribution >= 4 is 17.5 Å². The summed E-state index contributed by atoms with van der Waals surface area (Å²) in [4.78, 5) is 12.4. The lowest BCUT2D eigenvalue weighted by molar-refractivity contribution is 0.0945. The Kier molecular flexibility index (Phi) is 5.20.